The molecule has 0 aromatic carbocycles. The van der Waals surface area contributed by atoms with E-state index < -0.39 is 0 Å². The van der Waals surface area contributed by atoms with Gasteiger partial charge in [0.2, 0.25) is 5.91 Å². The molecule has 0 radical (unpaired) electrons. The largest absolute Gasteiger partial charge is 0.343 e. The highest BCUT2D eigenvalue weighted by Gasteiger charge is 2.14. The molecule has 1 unspecified atom stereocenters. The fourth-order valence-corrected chi connectivity index (χ4v) is 1.68. The average Bonchev–Trinajstić information content (AvgIpc) is 2.38. The Morgan fingerprint density at radius 1 is 1.42 bits per heavy atom. The zero-order valence-electron chi connectivity index (χ0n) is 11.9. The van der Waals surface area contributed by atoms with Crippen LogP contribution in [0.3, 0.4) is 0 Å². The van der Waals surface area contributed by atoms with Gasteiger partial charge in [0.05, 0.1) is 0 Å². The first-order valence-corrected chi connectivity index (χ1v) is 6.44. The van der Waals surface area contributed by atoms with Gasteiger partial charge < -0.3 is 10.2 Å². The van der Waals surface area contributed by atoms with Gasteiger partial charge in [-0.05, 0) is 18.6 Å². The van der Waals surface area contributed by atoms with Crippen molar-refractivity contribution in [3.05, 3.63) is 24.0 Å². The minimum absolute atomic E-state index is 0.0312. The SMILES string of the molecule is CCCC(C)C(=O)Nc1ccnc(C(=O)N(C)C)c1. The van der Waals surface area contributed by atoms with Gasteiger partial charge in [-0.15, -0.1) is 0 Å². The Bertz CT molecular complexity index is 458. The molecule has 0 saturated carbocycles. The van der Waals surface area contributed by atoms with E-state index in [1.807, 2.05) is 13.8 Å². The number of carbonyl (C=O) groups is 2. The molecule has 19 heavy (non-hydrogen) atoms. The average molecular weight is 263 g/mol. The molecule has 5 heteroatoms. The third-order valence-electron chi connectivity index (χ3n) is 2.82. The molecule has 0 spiro atoms. The Kier molecular flexibility index (Phi) is 5.48. The monoisotopic (exact) mass is 263 g/mol. The molecule has 0 saturated heterocycles. The molecule has 2 amide bonds. The Morgan fingerprint density at radius 3 is 2.68 bits per heavy atom. The second-order valence-electron chi connectivity index (χ2n) is 4.81. The minimum Gasteiger partial charge on any atom is -0.343 e. The first kappa shape index (κ1) is 15.1. The van der Waals surface area contributed by atoms with Crippen LogP contribution in [0.1, 0.15) is 37.2 Å². The van der Waals surface area contributed by atoms with Crippen molar-refractivity contribution in [1.82, 2.24) is 9.88 Å². The number of aromatic nitrogens is 1. The summed E-state index contributed by atoms with van der Waals surface area (Å²) in [6, 6.07) is 3.28. The third kappa shape index (κ3) is 4.35. The van der Waals surface area contributed by atoms with E-state index in [-0.39, 0.29) is 17.7 Å². The van der Waals surface area contributed by atoms with Gasteiger partial charge >= 0.3 is 0 Å². The first-order chi connectivity index (χ1) is 8.95. The fraction of sp³-hybridized carbons (Fsp3) is 0.500. The van der Waals surface area contributed by atoms with E-state index in [2.05, 4.69) is 10.3 Å². The number of pyridine rings is 1. The lowest BCUT2D eigenvalue weighted by molar-refractivity contribution is -0.119. The summed E-state index contributed by atoms with van der Waals surface area (Å²) in [5, 5.41) is 2.81. The van der Waals surface area contributed by atoms with E-state index in [1.54, 1.807) is 26.2 Å². The Hall–Kier alpha value is -1.91. The maximum Gasteiger partial charge on any atom is 0.272 e. The van der Waals surface area contributed by atoms with Gasteiger partial charge in [-0.1, -0.05) is 20.3 Å². The Labute approximate surface area is 114 Å². The van der Waals surface area contributed by atoms with Crippen molar-refractivity contribution in [1.29, 1.82) is 0 Å². The van der Waals surface area contributed by atoms with E-state index in [1.165, 1.54) is 11.1 Å². The number of nitrogens with zero attached hydrogens (tertiary/aromatic N) is 2. The molecule has 0 aliphatic carbocycles. The zero-order chi connectivity index (χ0) is 14.4. The molecular weight excluding hydrogens is 242 g/mol. The number of amides is 2. The maximum absolute atomic E-state index is 11.9. The summed E-state index contributed by atoms with van der Waals surface area (Å²) in [6.07, 6.45) is 3.34. The van der Waals surface area contributed by atoms with E-state index in [4.69, 9.17) is 0 Å². The number of carbonyl (C=O) groups excluding carboxylic acids is 2. The lowest BCUT2D eigenvalue weighted by Gasteiger charge is -2.13. The zero-order valence-corrected chi connectivity index (χ0v) is 11.9. The van der Waals surface area contributed by atoms with Gasteiger partial charge in [-0.25, -0.2) is 0 Å². The molecule has 0 fully saturated rings. The molecule has 1 aromatic heterocycles. The highest BCUT2D eigenvalue weighted by Crippen LogP contribution is 2.13. The summed E-state index contributed by atoms with van der Waals surface area (Å²) in [5.41, 5.74) is 0.930. The first-order valence-electron chi connectivity index (χ1n) is 6.44. The van der Waals surface area contributed by atoms with Crippen molar-refractivity contribution >= 4 is 17.5 Å². The molecule has 104 valence electrons. The summed E-state index contributed by atoms with van der Waals surface area (Å²) in [7, 11) is 3.33. The summed E-state index contributed by atoms with van der Waals surface area (Å²) in [5.74, 6) is -0.250. The highest BCUT2D eigenvalue weighted by molar-refractivity contribution is 5.96. The predicted octanol–water partition coefficient (Wildman–Crippen LogP) is 2.16. The van der Waals surface area contributed by atoms with Crippen molar-refractivity contribution in [3.63, 3.8) is 0 Å². The molecule has 0 aliphatic heterocycles. The van der Waals surface area contributed by atoms with Crippen LogP contribution in [-0.4, -0.2) is 35.8 Å². The third-order valence-corrected chi connectivity index (χ3v) is 2.82. The number of hydrogen-bond acceptors (Lipinski definition) is 3. The van der Waals surface area contributed by atoms with Crippen molar-refractivity contribution in [2.75, 3.05) is 19.4 Å². The van der Waals surface area contributed by atoms with Crippen LogP contribution in [0.25, 0.3) is 0 Å². The van der Waals surface area contributed by atoms with Crippen LogP contribution in [0.15, 0.2) is 18.3 Å². The van der Waals surface area contributed by atoms with Crippen LogP contribution < -0.4 is 5.32 Å². The molecule has 1 atom stereocenters. The molecule has 0 aliphatic rings. The topological polar surface area (TPSA) is 62.3 Å². The van der Waals surface area contributed by atoms with Crippen LogP contribution in [0, 0.1) is 5.92 Å². The second kappa shape index (κ2) is 6.87. The van der Waals surface area contributed by atoms with Crippen molar-refractivity contribution in [2.24, 2.45) is 5.92 Å². The summed E-state index contributed by atoms with van der Waals surface area (Å²) < 4.78 is 0. The number of nitrogens with one attached hydrogen (secondary N) is 1. The second-order valence-corrected chi connectivity index (χ2v) is 4.81. The highest BCUT2D eigenvalue weighted by atomic mass is 16.2. The summed E-state index contributed by atoms with van der Waals surface area (Å²) >= 11 is 0. The normalized spacial score (nSPS) is 11.8. The molecule has 1 N–H and O–H groups in total. The summed E-state index contributed by atoms with van der Waals surface area (Å²) in [4.78, 5) is 29.1. The van der Waals surface area contributed by atoms with E-state index >= 15 is 0 Å². The van der Waals surface area contributed by atoms with Crippen LogP contribution in [0.4, 0.5) is 5.69 Å². The predicted molar refractivity (Wildman–Crippen MR) is 75.0 cm³/mol. The Balaban J connectivity index is 2.77. The van der Waals surface area contributed by atoms with E-state index in [0.717, 1.165) is 12.8 Å². The quantitative estimate of drug-likeness (QED) is 0.885. The van der Waals surface area contributed by atoms with E-state index in [0.29, 0.717) is 11.4 Å². The molecular formula is C14H21N3O2. The summed E-state index contributed by atoms with van der Waals surface area (Å²) in [6.45, 7) is 3.94. The van der Waals surface area contributed by atoms with Gasteiger partial charge in [0.15, 0.2) is 0 Å². The lowest BCUT2D eigenvalue weighted by Crippen LogP contribution is -2.24. The lowest BCUT2D eigenvalue weighted by atomic mass is 10.1. The van der Waals surface area contributed by atoms with Crippen LogP contribution in [-0.2, 0) is 4.79 Å². The Morgan fingerprint density at radius 2 is 2.11 bits per heavy atom. The van der Waals surface area contributed by atoms with Crippen LogP contribution in [0.2, 0.25) is 0 Å². The fourth-order valence-electron chi connectivity index (χ4n) is 1.68. The molecule has 1 heterocycles. The number of rotatable bonds is 5. The molecule has 0 bridgehead atoms. The number of hydrogen-bond donors (Lipinski definition) is 1. The standard InChI is InChI=1S/C14H21N3O2/c1-5-6-10(2)13(18)16-11-7-8-15-12(9-11)14(19)17(3)4/h7-10H,5-6H2,1-4H3,(H,15,16,18). The van der Waals surface area contributed by atoms with Gasteiger partial charge in [0, 0.05) is 31.9 Å². The van der Waals surface area contributed by atoms with Gasteiger partial charge in [0.1, 0.15) is 5.69 Å². The molecule has 5 nitrogen and oxygen atoms in total. The van der Waals surface area contributed by atoms with Crippen LogP contribution >= 0.6 is 0 Å². The van der Waals surface area contributed by atoms with Gasteiger partial charge in [0.25, 0.3) is 5.91 Å². The van der Waals surface area contributed by atoms with Crippen molar-refractivity contribution in [3.8, 4) is 0 Å². The van der Waals surface area contributed by atoms with Gasteiger partial charge in [-0.3, -0.25) is 14.6 Å². The smallest absolute Gasteiger partial charge is 0.272 e. The number of anilines is 1. The van der Waals surface area contributed by atoms with Crippen molar-refractivity contribution < 1.29 is 9.59 Å². The van der Waals surface area contributed by atoms with Crippen molar-refractivity contribution in [2.45, 2.75) is 26.7 Å². The van der Waals surface area contributed by atoms with Crippen LogP contribution in [0.5, 0.6) is 0 Å². The van der Waals surface area contributed by atoms with Gasteiger partial charge in [-0.2, -0.15) is 0 Å². The van der Waals surface area contributed by atoms with E-state index in [9.17, 15) is 9.59 Å². The molecule has 1 rings (SSSR count). The minimum atomic E-state index is -0.183. The molecule has 1 aromatic rings. The maximum atomic E-state index is 11.9.